The van der Waals surface area contributed by atoms with Crippen molar-refractivity contribution in [1.82, 2.24) is 9.97 Å². The van der Waals surface area contributed by atoms with Gasteiger partial charge in [0.25, 0.3) is 0 Å². The van der Waals surface area contributed by atoms with E-state index < -0.39 is 0 Å². The lowest BCUT2D eigenvalue weighted by Gasteiger charge is -1.97. The minimum atomic E-state index is 1.15. The summed E-state index contributed by atoms with van der Waals surface area (Å²) >= 11 is 0. The molecule has 0 bridgehead atoms. The molecule has 13 heavy (non-hydrogen) atoms. The number of hydrogen-bond acceptors (Lipinski definition) is 2. The maximum atomic E-state index is 3.95. The third kappa shape index (κ3) is 2.15. The largest absolute Gasteiger partial charge is 0.265 e. The molecule has 0 saturated heterocycles. The first-order chi connectivity index (χ1) is 6.45. The van der Waals surface area contributed by atoms with E-state index in [-0.39, 0.29) is 0 Å². The first-order valence-corrected chi connectivity index (χ1v) is 4.10. The minimum absolute atomic E-state index is 1.15. The van der Waals surface area contributed by atoms with Crippen molar-refractivity contribution >= 4 is 18.2 Å². The Balaban J connectivity index is 2.16. The summed E-state index contributed by atoms with van der Waals surface area (Å²) in [5, 5.41) is 0. The summed E-state index contributed by atoms with van der Waals surface area (Å²) < 4.78 is 0. The molecule has 0 unspecified atom stereocenters. The summed E-state index contributed by atoms with van der Waals surface area (Å²) in [7, 11) is 2.09. The predicted octanol–water partition coefficient (Wildman–Crippen LogP) is 0.132. The van der Waals surface area contributed by atoms with Crippen molar-refractivity contribution in [1.29, 1.82) is 0 Å². The first-order valence-electron chi connectivity index (χ1n) is 4.10. The monoisotopic (exact) mass is 167 g/mol. The number of hydrogen-bond donors (Lipinski definition) is 0. The van der Waals surface area contributed by atoms with Gasteiger partial charge in [-0.25, -0.2) is 0 Å². The van der Waals surface area contributed by atoms with E-state index in [0.29, 0.717) is 0 Å². The molecule has 0 aromatic carbocycles. The van der Waals surface area contributed by atoms with Gasteiger partial charge in [0.15, 0.2) is 7.28 Å². The Kier molecular flexibility index (Phi) is 2.37. The van der Waals surface area contributed by atoms with Gasteiger partial charge in [0, 0.05) is 24.8 Å². The lowest BCUT2D eigenvalue weighted by molar-refractivity contribution is 1.34. The second-order valence-corrected chi connectivity index (χ2v) is 2.71. The highest BCUT2D eigenvalue weighted by molar-refractivity contribution is 6.67. The minimum Gasteiger partial charge on any atom is -0.265 e. The Morgan fingerprint density at radius 1 is 0.692 bits per heavy atom. The molecule has 2 aromatic heterocycles. The number of pyridine rings is 2. The van der Waals surface area contributed by atoms with Gasteiger partial charge in [0.1, 0.15) is 0 Å². The molecule has 2 nitrogen and oxygen atoms in total. The van der Waals surface area contributed by atoms with Gasteiger partial charge in [-0.2, -0.15) is 0 Å². The Bertz CT molecular complexity index is 324. The van der Waals surface area contributed by atoms with Crippen molar-refractivity contribution in [2.45, 2.75) is 0 Å². The third-order valence-electron chi connectivity index (χ3n) is 1.75. The fourth-order valence-corrected chi connectivity index (χ4v) is 1.11. The Hall–Kier alpha value is -1.64. The van der Waals surface area contributed by atoms with Crippen LogP contribution in [-0.4, -0.2) is 17.2 Å². The summed E-state index contributed by atoms with van der Waals surface area (Å²) in [6, 6.07) is 7.89. The molecule has 2 heterocycles. The van der Waals surface area contributed by atoms with Crippen molar-refractivity contribution < 1.29 is 0 Å². The summed E-state index contributed by atoms with van der Waals surface area (Å²) in [4.78, 5) is 7.91. The van der Waals surface area contributed by atoms with Crippen LogP contribution in [0.25, 0.3) is 0 Å². The molecular formula is C10H8BN2. The van der Waals surface area contributed by atoms with Gasteiger partial charge in [-0.15, -0.1) is 0 Å². The molecule has 1 radical (unpaired) electrons. The molecule has 2 rings (SSSR count). The number of nitrogens with zero attached hydrogens (tertiary/aromatic N) is 2. The summed E-state index contributed by atoms with van der Waals surface area (Å²) in [6.07, 6.45) is 7.14. The van der Waals surface area contributed by atoms with E-state index in [9.17, 15) is 0 Å². The zero-order valence-corrected chi connectivity index (χ0v) is 7.09. The van der Waals surface area contributed by atoms with E-state index in [1.165, 1.54) is 0 Å². The van der Waals surface area contributed by atoms with Crippen LogP contribution < -0.4 is 10.9 Å². The molecule has 0 fully saturated rings. The molecular weight excluding hydrogens is 159 g/mol. The summed E-state index contributed by atoms with van der Waals surface area (Å²) in [5.41, 5.74) is 2.31. The highest BCUT2D eigenvalue weighted by Crippen LogP contribution is 1.79. The van der Waals surface area contributed by atoms with Gasteiger partial charge in [-0.1, -0.05) is 10.9 Å². The van der Waals surface area contributed by atoms with E-state index in [2.05, 4.69) is 17.2 Å². The lowest BCUT2D eigenvalue weighted by Crippen LogP contribution is -2.26. The Morgan fingerprint density at radius 2 is 1.08 bits per heavy atom. The van der Waals surface area contributed by atoms with Gasteiger partial charge >= 0.3 is 0 Å². The van der Waals surface area contributed by atoms with Crippen LogP contribution in [0.5, 0.6) is 0 Å². The van der Waals surface area contributed by atoms with E-state index in [1.54, 1.807) is 24.8 Å². The van der Waals surface area contributed by atoms with Crippen LogP contribution in [0, 0.1) is 0 Å². The maximum Gasteiger partial charge on any atom is 0.191 e. The molecule has 0 amide bonds. The Labute approximate surface area is 77.9 Å². The fraction of sp³-hybridized carbons (Fsp3) is 0. The van der Waals surface area contributed by atoms with Crippen molar-refractivity contribution in [2.24, 2.45) is 0 Å². The van der Waals surface area contributed by atoms with Crippen LogP contribution in [0.3, 0.4) is 0 Å². The highest BCUT2D eigenvalue weighted by atomic mass is 14.6. The second kappa shape index (κ2) is 3.85. The van der Waals surface area contributed by atoms with Crippen molar-refractivity contribution in [3.8, 4) is 0 Å². The highest BCUT2D eigenvalue weighted by Gasteiger charge is 1.96. The van der Waals surface area contributed by atoms with Crippen LogP contribution in [0.15, 0.2) is 49.1 Å². The summed E-state index contributed by atoms with van der Waals surface area (Å²) in [5.74, 6) is 0. The maximum absolute atomic E-state index is 3.95. The quantitative estimate of drug-likeness (QED) is 0.594. The topological polar surface area (TPSA) is 25.8 Å². The molecule has 0 saturated carbocycles. The van der Waals surface area contributed by atoms with Crippen LogP contribution >= 0.6 is 0 Å². The van der Waals surface area contributed by atoms with Gasteiger partial charge in [-0.05, 0) is 24.3 Å². The third-order valence-corrected chi connectivity index (χ3v) is 1.75. The first kappa shape index (κ1) is 7.99. The molecule has 0 spiro atoms. The molecule has 2 aromatic rings. The predicted molar refractivity (Wildman–Crippen MR) is 53.5 cm³/mol. The molecule has 0 aliphatic heterocycles. The van der Waals surface area contributed by atoms with Crippen molar-refractivity contribution in [2.75, 3.05) is 0 Å². The molecule has 0 N–H and O–H groups in total. The van der Waals surface area contributed by atoms with Gasteiger partial charge in [0.05, 0.1) is 0 Å². The van der Waals surface area contributed by atoms with Crippen molar-refractivity contribution in [3.63, 3.8) is 0 Å². The smallest absolute Gasteiger partial charge is 0.191 e. The molecule has 0 aliphatic carbocycles. The molecule has 61 valence electrons. The molecule has 0 atom stereocenters. The van der Waals surface area contributed by atoms with Gasteiger partial charge < -0.3 is 0 Å². The van der Waals surface area contributed by atoms with Crippen molar-refractivity contribution in [3.05, 3.63) is 49.1 Å². The van der Waals surface area contributed by atoms with Crippen LogP contribution in [-0.2, 0) is 0 Å². The lowest BCUT2D eigenvalue weighted by atomic mass is 9.65. The van der Waals surface area contributed by atoms with E-state index in [0.717, 1.165) is 10.9 Å². The zero-order valence-electron chi connectivity index (χ0n) is 7.09. The standard InChI is InChI=1S/C10H8BN2/c1-5-12-6-2-9(1)11-10-3-7-13-8-4-10/h1-8H. The van der Waals surface area contributed by atoms with E-state index in [1.807, 2.05) is 24.3 Å². The van der Waals surface area contributed by atoms with Gasteiger partial charge in [0.2, 0.25) is 0 Å². The number of aromatic nitrogens is 2. The van der Waals surface area contributed by atoms with E-state index in [4.69, 9.17) is 0 Å². The molecule has 3 heteroatoms. The molecule has 0 aliphatic rings. The SMILES string of the molecule is [B](c1ccncc1)c1ccncc1. The van der Waals surface area contributed by atoms with Gasteiger partial charge in [-0.3, -0.25) is 9.97 Å². The fourth-order valence-electron chi connectivity index (χ4n) is 1.11. The summed E-state index contributed by atoms with van der Waals surface area (Å²) in [6.45, 7) is 0. The Morgan fingerprint density at radius 3 is 1.46 bits per heavy atom. The average Bonchev–Trinajstić information content (AvgIpc) is 2.21. The normalized spacial score (nSPS) is 9.54. The second-order valence-electron chi connectivity index (χ2n) is 2.71. The zero-order chi connectivity index (χ0) is 8.93. The van der Waals surface area contributed by atoms with Crippen LogP contribution in [0.2, 0.25) is 0 Å². The number of rotatable bonds is 2. The average molecular weight is 167 g/mol. The van der Waals surface area contributed by atoms with Crippen LogP contribution in [0.4, 0.5) is 0 Å². The van der Waals surface area contributed by atoms with Crippen LogP contribution in [0.1, 0.15) is 0 Å². The van der Waals surface area contributed by atoms with E-state index >= 15 is 0 Å².